The highest BCUT2D eigenvalue weighted by molar-refractivity contribution is 5.14. The summed E-state index contributed by atoms with van der Waals surface area (Å²) in [7, 11) is 1.84. The van der Waals surface area contributed by atoms with Crippen LogP contribution in [0.5, 0.6) is 0 Å². The minimum atomic E-state index is 0.328. The third-order valence-corrected chi connectivity index (χ3v) is 3.66. The van der Waals surface area contributed by atoms with Crippen molar-refractivity contribution in [1.29, 1.82) is 0 Å². The molecule has 1 aliphatic carbocycles. The number of methoxy groups -OCH3 is 1. The Morgan fingerprint density at radius 2 is 2.35 bits per heavy atom. The van der Waals surface area contributed by atoms with Crippen LogP contribution in [-0.2, 0) is 9.47 Å². The summed E-state index contributed by atoms with van der Waals surface area (Å²) in [4.78, 5) is 0. The van der Waals surface area contributed by atoms with Crippen LogP contribution in [0.1, 0.15) is 39.0 Å². The zero-order valence-corrected chi connectivity index (χ0v) is 11.1. The maximum absolute atomic E-state index is 5.73. The molecule has 0 amide bonds. The maximum Gasteiger partial charge on any atom is 0.0876 e. The van der Waals surface area contributed by atoms with Crippen LogP contribution in [0.25, 0.3) is 0 Å². The third kappa shape index (κ3) is 3.46. The Balaban J connectivity index is 2.02. The molecule has 2 aliphatic rings. The van der Waals surface area contributed by atoms with Crippen molar-refractivity contribution in [1.82, 2.24) is 5.32 Å². The molecule has 3 heteroatoms. The number of rotatable bonds is 7. The number of ether oxygens (including phenoxy) is 2. The molecule has 0 spiro atoms. The van der Waals surface area contributed by atoms with E-state index in [0.29, 0.717) is 12.1 Å². The quantitative estimate of drug-likeness (QED) is 0.740. The van der Waals surface area contributed by atoms with Crippen LogP contribution >= 0.6 is 0 Å². The smallest absolute Gasteiger partial charge is 0.0876 e. The summed E-state index contributed by atoms with van der Waals surface area (Å²) < 4.78 is 11.2. The fourth-order valence-corrected chi connectivity index (χ4v) is 2.60. The van der Waals surface area contributed by atoms with Gasteiger partial charge in [-0.05, 0) is 50.1 Å². The van der Waals surface area contributed by atoms with Crippen LogP contribution in [0.4, 0.5) is 0 Å². The summed E-state index contributed by atoms with van der Waals surface area (Å²) in [5.41, 5.74) is 1.39. The molecular formula is C14H25NO2. The molecule has 2 atom stereocenters. The second-order valence-corrected chi connectivity index (χ2v) is 5.14. The van der Waals surface area contributed by atoms with Crippen molar-refractivity contribution < 1.29 is 9.47 Å². The average Bonchev–Trinajstić information content (AvgIpc) is 3.20. The molecule has 0 aromatic heterocycles. The van der Waals surface area contributed by atoms with E-state index < -0.39 is 0 Å². The lowest BCUT2D eigenvalue weighted by atomic mass is 9.94. The first-order valence-electron chi connectivity index (χ1n) is 6.93. The molecule has 2 unspecified atom stereocenters. The minimum Gasteiger partial charge on any atom is -0.501 e. The molecule has 0 saturated heterocycles. The van der Waals surface area contributed by atoms with Gasteiger partial charge in [0.1, 0.15) is 0 Å². The predicted molar refractivity (Wildman–Crippen MR) is 68.9 cm³/mol. The summed E-state index contributed by atoms with van der Waals surface area (Å²) in [6.07, 6.45) is 8.37. The standard InChI is InChI=1S/C14H25NO2/c1-3-8-15-13(12-5-4-9-17-10-12)14(16-2)11-6-7-11/h10-11,13-15H,3-9H2,1-2H3. The monoisotopic (exact) mass is 239 g/mol. The topological polar surface area (TPSA) is 30.5 Å². The first kappa shape index (κ1) is 12.9. The number of hydrogen-bond acceptors (Lipinski definition) is 3. The zero-order valence-electron chi connectivity index (χ0n) is 11.1. The van der Waals surface area contributed by atoms with Crippen LogP contribution in [-0.4, -0.2) is 32.4 Å². The van der Waals surface area contributed by atoms with E-state index in [0.717, 1.165) is 38.3 Å². The van der Waals surface area contributed by atoms with Gasteiger partial charge in [-0.3, -0.25) is 0 Å². The zero-order chi connectivity index (χ0) is 12.1. The van der Waals surface area contributed by atoms with Gasteiger partial charge in [-0.15, -0.1) is 0 Å². The van der Waals surface area contributed by atoms with Gasteiger partial charge in [-0.25, -0.2) is 0 Å². The second kappa shape index (κ2) is 6.41. The average molecular weight is 239 g/mol. The van der Waals surface area contributed by atoms with Gasteiger partial charge in [0.05, 0.1) is 25.0 Å². The van der Waals surface area contributed by atoms with Gasteiger partial charge in [-0.1, -0.05) is 6.92 Å². The van der Waals surface area contributed by atoms with Crippen LogP contribution in [0.3, 0.4) is 0 Å². The number of hydrogen-bond donors (Lipinski definition) is 1. The minimum absolute atomic E-state index is 0.328. The molecule has 0 aromatic carbocycles. The van der Waals surface area contributed by atoms with E-state index in [4.69, 9.17) is 9.47 Å². The normalized spacial score (nSPS) is 23.8. The van der Waals surface area contributed by atoms with Crippen LogP contribution in [0.15, 0.2) is 11.8 Å². The van der Waals surface area contributed by atoms with Crippen LogP contribution in [0.2, 0.25) is 0 Å². The highest BCUT2D eigenvalue weighted by Crippen LogP contribution is 2.37. The lowest BCUT2D eigenvalue weighted by Crippen LogP contribution is -2.44. The molecule has 17 heavy (non-hydrogen) atoms. The van der Waals surface area contributed by atoms with Gasteiger partial charge in [0.25, 0.3) is 0 Å². The molecule has 3 nitrogen and oxygen atoms in total. The Morgan fingerprint density at radius 3 is 2.88 bits per heavy atom. The predicted octanol–water partition coefficient (Wildman–Crippen LogP) is 2.47. The molecule has 1 fully saturated rings. The van der Waals surface area contributed by atoms with Gasteiger partial charge < -0.3 is 14.8 Å². The molecular weight excluding hydrogens is 214 g/mol. The van der Waals surface area contributed by atoms with Gasteiger partial charge in [0, 0.05) is 7.11 Å². The van der Waals surface area contributed by atoms with E-state index in [9.17, 15) is 0 Å². The summed E-state index contributed by atoms with van der Waals surface area (Å²) in [6, 6.07) is 0.354. The summed E-state index contributed by atoms with van der Waals surface area (Å²) in [5, 5.41) is 3.64. The third-order valence-electron chi connectivity index (χ3n) is 3.66. The molecule has 1 heterocycles. The summed E-state index contributed by atoms with van der Waals surface area (Å²) >= 11 is 0. The highest BCUT2D eigenvalue weighted by atomic mass is 16.5. The van der Waals surface area contributed by atoms with Crippen molar-refractivity contribution in [3.63, 3.8) is 0 Å². The molecule has 1 saturated carbocycles. The van der Waals surface area contributed by atoms with Crippen molar-refractivity contribution in [3.05, 3.63) is 11.8 Å². The van der Waals surface area contributed by atoms with Gasteiger partial charge in [-0.2, -0.15) is 0 Å². The molecule has 1 aliphatic heterocycles. The lowest BCUT2D eigenvalue weighted by Gasteiger charge is -2.30. The molecule has 0 aromatic rings. The molecule has 2 rings (SSSR count). The first-order valence-corrected chi connectivity index (χ1v) is 6.93. The highest BCUT2D eigenvalue weighted by Gasteiger charge is 2.38. The van der Waals surface area contributed by atoms with Crippen molar-refractivity contribution in [2.45, 2.75) is 51.2 Å². The summed E-state index contributed by atoms with van der Waals surface area (Å²) in [6.45, 7) is 4.12. The largest absolute Gasteiger partial charge is 0.501 e. The van der Waals surface area contributed by atoms with Crippen molar-refractivity contribution in [2.24, 2.45) is 5.92 Å². The van der Waals surface area contributed by atoms with Crippen LogP contribution in [0, 0.1) is 5.92 Å². The second-order valence-electron chi connectivity index (χ2n) is 5.14. The summed E-state index contributed by atoms with van der Waals surface area (Å²) in [5.74, 6) is 0.747. The number of nitrogens with one attached hydrogen (secondary N) is 1. The molecule has 1 N–H and O–H groups in total. The van der Waals surface area contributed by atoms with Crippen molar-refractivity contribution in [3.8, 4) is 0 Å². The van der Waals surface area contributed by atoms with Gasteiger partial charge in [0.2, 0.25) is 0 Å². The van der Waals surface area contributed by atoms with Crippen molar-refractivity contribution >= 4 is 0 Å². The molecule has 0 radical (unpaired) electrons. The SMILES string of the molecule is CCCNC(C1=COCCC1)C(OC)C1CC1. The Labute approximate surface area is 105 Å². The van der Waals surface area contributed by atoms with Crippen molar-refractivity contribution in [2.75, 3.05) is 20.3 Å². The maximum atomic E-state index is 5.73. The fraction of sp³-hybridized carbons (Fsp3) is 0.857. The van der Waals surface area contributed by atoms with Crippen LogP contribution < -0.4 is 5.32 Å². The Hall–Kier alpha value is -0.540. The fourth-order valence-electron chi connectivity index (χ4n) is 2.60. The van der Waals surface area contributed by atoms with E-state index >= 15 is 0 Å². The molecule has 98 valence electrons. The lowest BCUT2D eigenvalue weighted by molar-refractivity contribution is 0.0572. The first-order chi connectivity index (χ1) is 8.36. The van der Waals surface area contributed by atoms with Gasteiger partial charge >= 0.3 is 0 Å². The van der Waals surface area contributed by atoms with E-state index in [1.165, 1.54) is 18.4 Å². The Morgan fingerprint density at radius 1 is 1.53 bits per heavy atom. The van der Waals surface area contributed by atoms with E-state index in [1.54, 1.807) is 0 Å². The Kier molecular flexibility index (Phi) is 4.86. The van der Waals surface area contributed by atoms with Gasteiger partial charge in [0.15, 0.2) is 0 Å². The van der Waals surface area contributed by atoms with E-state index in [1.807, 2.05) is 13.4 Å². The van der Waals surface area contributed by atoms with E-state index in [-0.39, 0.29) is 0 Å². The molecule has 0 bridgehead atoms. The van der Waals surface area contributed by atoms with E-state index in [2.05, 4.69) is 12.2 Å². The Bertz CT molecular complexity index is 261.